The molecule has 3 unspecified atom stereocenters. The molecule has 0 aromatic heterocycles. The Bertz CT molecular complexity index is 195. The summed E-state index contributed by atoms with van der Waals surface area (Å²) in [7, 11) is 0. The Hall–Kier alpha value is 0.250. The van der Waals surface area contributed by atoms with Gasteiger partial charge in [-0.3, -0.25) is 0 Å². The van der Waals surface area contributed by atoms with E-state index in [4.69, 9.17) is 11.6 Å². The highest BCUT2D eigenvalue weighted by molar-refractivity contribution is 6.18. The predicted molar refractivity (Wildman–Crippen MR) is 66.4 cm³/mol. The second-order valence-corrected chi connectivity index (χ2v) is 5.92. The number of alkyl halides is 1. The Kier molecular flexibility index (Phi) is 4.33. The van der Waals surface area contributed by atoms with Crippen LogP contribution in [0.5, 0.6) is 0 Å². The van der Waals surface area contributed by atoms with Gasteiger partial charge in [0, 0.05) is 19.0 Å². The van der Waals surface area contributed by atoms with Gasteiger partial charge in [-0.25, -0.2) is 0 Å². The van der Waals surface area contributed by atoms with E-state index in [-0.39, 0.29) is 0 Å². The first-order chi connectivity index (χ1) is 7.29. The quantitative estimate of drug-likeness (QED) is 0.671. The number of halogens is 1. The highest BCUT2D eigenvalue weighted by Gasteiger charge is 2.31. The lowest BCUT2D eigenvalue weighted by molar-refractivity contribution is 0.0794. The van der Waals surface area contributed by atoms with Crippen molar-refractivity contribution < 1.29 is 0 Å². The van der Waals surface area contributed by atoms with Crippen molar-refractivity contribution in [2.75, 3.05) is 25.5 Å². The largest absolute Gasteiger partial charge is 0.303 e. The average Bonchev–Trinajstić information content (AvgIpc) is 2.29. The smallest absolute Gasteiger partial charge is 0.0261 e. The van der Waals surface area contributed by atoms with Gasteiger partial charge in [-0.1, -0.05) is 26.2 Å². The van der Waals surface area contributed by atoms with Gasteiger partial charge in [-0.2, -0.15) is 0 Å². The number of hydrogen-bond donors (Lipinski definition) is 0. The van der Waals surface area contributed by atoms with Crippen molar-refractivity contribution in [2.24, 2.45) is 17.8 Å². The topological polar surface area (TPSA) is 3.24 Å². The molecule has 0 amide bonds. The first-order valence-corrected chi connectivity index (χ1v) is 7.11. The lowest BCUT2D eigenvalue weighted by atomic mass is 9.75. The zero-order valence-corrected chi connectivity index (χ0v) is 10.7. The van der Waals surface area contributed by atoms with Gasteiger partial charge in [-0.15, -0.1) is 11.6 Å². The molecule has 0 bridgehead atoms. The Morgan fingerprint density at radius 3 is 2.67 bits per heavy atom. The van der Waals surface area contributed by atoms with Crippen LogP contribution in [-0.4, -0.2) is 30.4 Å². The molecule has 2 heteroatoms. The van der Waals surface area contributed by atoms with Crippen molar-refractivity contribution in [1.29, 1.82) is 0 Å². The summed E-state index contributed by atoms with van der Waals surface area (Å²) in [6.07, 6.45) is 7.39. The summed E-state index contributed by atoms with van der Waals surface area (Å²) < 4.78 is 0. The molecule has 0 N–H and O–H groups in total. The van der Waals surface area contributed by atoms with Gasteiger partial charge in [0.1, 0.15) is 0 Å². The molecule has 3 atom stereocenters. The lowest BCUT2D eigenvalue weighted by Gasteiger charge is -2.42. The number of rotatable bonds is 3. The molecule has 2 fully saturated rings. The summed E-state index contributed by atoms with van der Waals surface area (Å²) in [5.41, 5.74) is 0. The third kappa shape index (κ3) is 3.10. The standard InChI is InChI=1S/C13H24ClN/c1-11(8-14)9-15-7-6-12-4-2-3-5-13(12)10-15/h11-13H,2-10H2,1H3. The molecule has 2 aliphatic rings. The molecule has 0 aromatic rings. The first-order valence-electron chi connectivity index (χ1n) is 6.58. The summed E-state index contributed by atoms with van der Waals surface area (Å²) in [4.78, 5) is 2.65. The van der Waals surface area contributed by atoms with Crippen LogP contribution in [0.2, 0.25) is 0 Å². The first kappa shape index (κ1) is 11.7. The minimum Gasteiger partial charge on any atom is -0.303 e. The number of piperidine rings is 1. The summed E-state index contributed by atoms with van der Waals surface area (Å²) >= 11 is 5.88. The number of hydrogen-bond acceptors (Lipinski definition) is 1. The van der Waals surface area contributed by atoms with Gasteiger partial charge in [0.25, 0.3) is 0 Å². The average molecular weight is 230 g/mol. The summed E-state index contributed by atoms with van der Waals surface area (Å²) in [6.45, 7) is 6.15. The predicted octanol–water partition coefficient (Wildman–Crippen LogP) is 3.37. The second kappa shape index (κ2) is 5.54. The summed E-state index contributed by atoms with van der Waals surface area (Å²) in [5, 5.41) is 0. The van der Waals surface area contributed by atoms with Crippen LogP contribution in [0, 0.1) is 17.8 Å². The molecule has 0 radical (unpaired) electrons. The third-order valence-corrected chi connectivity index (χ3v) is 4.74. The van der Waals surface area contributed by atoms with Crippen molar-refractivity contribution in [3.8, 4) is 0 Å². The Labute approximate surface area is 99.2 Å². The fourth-order valence-electron chi connectivity index (χ4n) is 3.33. The molecular formula is C13H24ClN. The number of nitrogens with zero attached hydrogens (tertiary/aromatic N) is 1. The van der Waals surface area contributed by atoms with Crippen molar-refractivity contribution in [1.82, 2.24) is 4.90 Å². The number of fused-ring (bicyclic) bond motifs is 1. The van der Waals surface area contributed by atoms with Gasteiger partial charge in [-0.05, 0) is 37.1 Å². The fourth-order valence-corrected chi connectivity index (χ4v) is 3.43. The van der Waals surface area contributed by atoms with Crippen molar-refractivity contribution in [3.05, 3.63) is 0 Å². The molecule has 2 rings (SSSR count). The van der Waals surface area contributed by atoms with Gasteiger partial charge >= 0.3 is 0 Å². The van der Waals surface area contributed by atoms with E-state index < -0.39 is 0 Å². The maximum atomic E-state index is 5.88. The van der Waals surface area contributed by atoms with Crippen molar-refractivity contribution >= 4 is 11.6 Å². The van der Waals surface area contributed by atoms with Crippen LogP contribution in [-0.2, 0) is 0 Å². The van der Waals surface area contributed by atoms with Crippen LogP contribution in [0.25, 0.3) is 0 Å². The minimum atomic E-state index is 0.659. The van der Waals surface area contributed by atoms with E-state index in [1.807, 2.05) is 0 Å². The van der Waals surface area contributed by atoms with Crippen molar-refractivity contribution in [3.63, 3.8) is 0 Å². The van der Waals surface area contributed by atoms with Crippen LogP contribution in [0.4, 0.5) is 0 Å². The van der Waals surface area contributed by atoms with E-state index in [9.17, 15) is 0 Å². The SMILES string of the molecule is CC(CCl)CN1CCC2CCCCC2C1. The summed E-state index contributed by atoms with van der Waals surface area (Å²) in [6, 6.07) is 0. The van der Waals surface area contributed by atoms with E-state index in [2.05, 4.69) is 11.8 Å². The molecule has 1 aliphatic carbocycles. The third-order valence-electron chi connectivity index (χ3n) is 4.21. The minimum absolute atomic E-state index is 0.659. The molecule has 1 heterocycles. The summed E-state index contributed by atoms with van der Waals surface area (Å²) in [5.74, 6) is 3.54. The highest BCUT2D eigenvalue weighted by atomic mass is 35.5. The molecule has 1 saturated heterocycles. The van der Waals surface area contributed by atoms with Gasteiger partial charge in [0.2, 0.25) is 0 Å². The van der Waals surface area contributed by atoms with Gasteiger partial charge in [0.05, 0.1) is 0 Å². The molecule has 88 valence electrons. The normalized spacial score (nSPS) is 34.8. The van der Waals surface area contributed by atoms with Gasteiger partial charge in [0.15, 0.2) is 0 Å². The maximum absolute atomic E-state index is 5.88. The second-order valence-electron chi connectivity index (χ2n) is 5.61. The van der Waals surface area contributed by atoms with Gasteiger partial charge < -0.3 is 4.90 Å². The van der Waals surface area contributed by atoms with Crippen LogP contribution < -0.4 is 0 Å². The highest BCUT2D eigenvalue weighted by Crippen LogP contribution is 2.36. The molecule has 1 aliphatic heterocycles. The molecule has 0 spiro atoms. The Balaban J connectivity index is 1.80. The van der Waals surface area contributed by atoms with Crippen LogP contribution >= 0.6 is 11.6 Å². The van der Waals surface area contributed by atoms with E-state index in [1.165, 1.54) is 51.7 Å². The monoisotopic (exact) mass is 229 g/mol. The van der Waals surface area contributed by atoms with Crippen LogP contribution in [0.1, 0.15) is 39.0 Å². The maximum Gasteiger partial charge on any atom is 0.0261 e. The fraction of sp³-hybridized carbons (Fsp3) is 1.00. The van der Waals surface area contributed by atoms with Crippen LogP contribution in [0.3, 0.4) is 0 Å². The van der Waals surface area contributed by atoms with E-state index in [1.54, 1.807) is 0 Å². The Morgan fingerprint density at radius 1 is 1.20 bits per heavy atom. The zero-order chi connectivity index (χ0) is 10.7. The lowest BCUT2D eigenvalue weighted by Crippen LogP contribution is -2.43. The van der Waals surface area contributed by atoms with E-state index >= 15 is 0 Å². The molecule has 15 heavy (non-hydrogen) atoms. The number of likely N-dealkylation sites (tertiary alicyclic amines) is 1. The zero-order valence-electron chi connectivity index (χ0n) is 9.92. The molecule has 1 saturated carbocycles. The molecule has 1 nitrogen and oxygen atoms in total. The van der Waals surface area contributed by atoms with Crippen LogP contribution in [0.15, 0.2) is 0 Å². The van der Waals surface area contributed by atoms with Crippen molar-refractivity contribution in [2.45, 2.75) is 39.0 Å². The molecular weight excluding hydrogens is 206 g/mol. The van der Waals surface area contributed by atoms with E-state index in [0.717, 1.165) is 17.7 Å². The molecule has 0 aromatic carbocycles. The van der Waals surface area contributed by atoms with E-state index in [0.29, 0.717) is 5.92 Å². The Morgan fingerprint density at radius 2 is 1.93 bits per heavy atom.